The summed E-state index contributed by atoms with van der Waals surface area (Å²) in [6.45, 7) is 0.893. The molecule has 1 unspecified atom stereocenters. The first kappa shape index (κ1) is 15.4. The van der Waals surface area contributed by atoms with Gasteiger partial charge in [-0.1, -0.05) is 17.8 Å². The van der Waals surface area contributed by atoms with Crippen LogP contribution in [0.15, 0.2) is 23.6 Å². The molecule has 2 aromatic heterocycles. The molecule has 7 nitrogen and oxygen atoms in total. The van der Waals surface area contributed by atoms with Crippen LogP contribution in [0.2, 0.25) is 0 Å². The van der Waals surface area contributed by atoms with Crippen LogP contribution in [0.3, 0.4) is 0 Å². The van der Waals surface area contributed by atoms with E-state index in [0.717, 1.165) is 22.3 Å². The third-order valence-electron chi connectivity index (χ3n) is 4.18. The molecule has 124 valence electrons. The van der Waals surface area contributed by atoms with Crippen molar-refractivity contribution in [3.63, 3.8) is 0 Å². The molecule has 2 aliphatic rings. The second kappa shape index (κ2) is 6.06. The molecule has 2 fully saturated rings. The number of thioether (sulfide) groups is 1. The fourth-order valence-corrected chi connectivity index (χ4v) is 4.47. The summed E-state index contributed by atoms with van der Waals surface area (Å²) >= 11 is 2.60. The van der Waals surface area contributed by atoms with Crippen molar-refractivity contribution in [1.29, 1.82) is 0 Å². The number of H-pyrrole nitrogens is 1. The molecule has 0 aliphatic carbocycles. The number of aromatic amines is 1. The molecule has 0 radical (unpaired) electrons. The van der Waals surface area contributed by atoms with E-state index in [-0.39, 0.29) is 28.8 Å². The summed E-state index contributed by atoms with van der Waals surface area (Å²) in [7, 11) is 0. The maximum absolute atomic E-state index is 12.6. The highest BCUT2D eigenvalue weighted by Gasteiger charge is 2.40. The number of rotatable bonds is 3. The molecule has 2 saturated heterocycles. The van der Waals surface area contributed by atoms with Gasteiger partial charge in [-0.2, -0.15) is 5.10 Å². The Morgan fingerprint density at radius 2 is 2.25 bits per heavy atom. The Morgan fingerprint density at radius 3 is 2.96 bits per heavy atom. The van der Waals surface area contributed by atoms with Crippen molar-refractivity contribution in [3.05, 3.63) is 29.3 Å². The Morgan fingerprint density at radius 1 is 1.38 bits per heavy atom. The number of nitrogens with zero attached hydrogens (tertiary/aromatic N) is 3. The van der Waals surface area contributed by atoms with Gasteiger partial charge < -0.3 is 4.90 Å². The smallest absolute Gasteiger partial charge is 0.289 e. The lowest BCUT2D eigenvalue weighted by molar-refractivity contribution is -0.126. The molecule has 2 aromatic rings. The zero-order valence-electron chi connectivity index (χ0n) is 12.6. The van der Waals surface area contributed by atoms with E-state index in [9.17, 15) is 14.4 Å². The lowest BCUT2D eigenvalue weighted by atomic mass is 10.2. The summed E-state index contributed by atoms with van der Waals surface area (Å²) in [5.41, 5.74) is 1.16. The largest absolute Gasteiger partial charge is 0.335 e. The van der Waals surface area contributed by atoms with Crippen molar-refractivity contribution in [3.8, 4) is 10.6 Å². The van der Waals surface area contributed by atoms with Gasteiger partial charge in [0.2, 0.25) is 5.91 Å². The summed E-state index contributed by atoms with van der Waals surface area (Å²) < 4.78 is 0. The second-order valence-corrected chi connectivity index (χ2v) is 7.53. The van der Waals surface area contributed by atoms with Gasteiger partial charge in [0.25, 0.3) is 11.1 Å². The first-order chi connectivity index (χ1) is 11.6. The summed E-state index contributed by atoms with van der Waals surface area (Å²) in [6.07, 6.45) is 0.617. The number of amides is 3. The molecule has 2 aliphatic heterocycles. The van der Waals surface area contributed by atoms with E-state index in [1.54, 1.807) is 22.3 Å². The van der Waals surface area contributed by atoms with Crippen LogP contribution in [0, 0.1) is 0 Å². The maximum Gasteiger partial charge on any atom is 0.289 e. The number of thiophene rings is 1. The van der Waals surface area contributed by atoms with Gasteiger partial charge in [0, 0.05) is 13.1 Å². The number of carbonyl (C=O) groups is 3. The Kier molecular flexibility index (Phi) is 3.89. The number of nitrogens with one attached hydrogen (secondary N) is 1. The minimum absolute atomic E-state index is 0.163. The SMILES string of the molecule is O=C(c1cc(-c2cccs2)[nH]n1)N1CCC(N2C(=O)CSC2=O)C1. The third-order valence-corrected chi connectivity index (χ3v) is 5.92. The molecule has 3 amide bonds. The van der Waals surface area contributed by atoms with Crippen LogP contribution in [-0.4, -0.2) is 61.9 Å². The Labute approximate surface area is 146 Å². The standard InChI is InChI=1S/C15H14N4O3S2/c20-13-8-24-15(22)19(13)9-3-4-18(7-9)14(21)11-6-10(16-17-11)12-2-1-5-23-12/h1-2,5-6,9H,3-4,7-8H2,(H,16,17). The van der Waals surface area contributed by atoms with Crippen LogP contribution in [0.1, 0.15) is 16.9 Å². The van der Waals surface area contributed by atoms with Crippen LogP contribution in [-0.2, 0) is 4.79 Å². The Balaban J connectivity index is 1.46. The van der Waals surface area contributed by atoms with Crippen molar-refractivity contribution in [2.75, 3.05) is 18.8 Å². The average molecular weight is 362 g/mol. The van der Waals surface area contributed by atoms with Crippen molar-refractivity contribution in [2.24, 2.45) is 0 Å². The Hall–Kier alpha value is -2.13. The molecule has 0 bridgehead atoms. The molecule has 9 heteroatoms. The third kappa shape index (κ3) is 2.63. The van der Waals surface area contributed by atoms with E-state index in [1.165, 1.54) is 4.90 Å². The fourth-order valence-electron chi connectivity index (χ4n) is 3.01. The van der Waals surface area contributed by atoms with Crippen molar-refractivity contribution < 1.29 is 14.4 Å². The summed E-state index contributed by atoms with van der Waals surface area (Å²) in [5, 5.41) is 8.75. The van der Waals surface area contributed by atoms with Crippen LogP contribution in [0.25, 0.3) is 10.6 Å². The lowest BCUT2D eigenvalue weighted by Crippen LogP contribution is -2.41. The molecule has 4 rings (SSSR count). The fraction of sp³-hybridized carbons (Fsp3) is 0.333. The number of hydrogen-bond acceptors (Lipinski definition) is 6. The first-order valence-electron chi connectivity index (χ1n) is 7.51. The maximum atomic E-state index is 12.6. The van der Waals surface area contributed by atoms with E-state index in [2.05, 4.69) is 10.2 Å². The van der Waals surface area contributed by atoms with E-state index >= 15 is 0 Å². The number of imide groups is 1. The van der Waals surface area contributed by atoms with Crippen molar-refractivity contribution in [1.82, 2.24) is 20.0 Å². The van der Waals surface area contributed by atoms with Crippen molar-refractivity contribution in [2.45, 2.75) is 12.5 Å². The van der Waals surface area contributed by atoms with Crippen molar-refractivity contribution >= 4 is 40.2 Å². The Bertz CT molecular complexity index is 786. The van der Waals surface area contributed by atoms with Gasteiger partial charge in [-0.3, -0.25) is 24.4 Å². The molecular formula is C15H14N4O3S2. The highest BCUT2D eigenvalue weighted by Crippen LogP contribution is 2.27. The summed E-state index contributed by atoms with van der Waals surface area (Å²) in [5.74, 6) is -0.139. The van der Waals surface area contributed by atoms with E-state index in [4.69, 9.17) is 0 Å². The van der Waals surface area contributed by atoms with Gasteiger partial charge in [0.15, 0.2) is 5.69 Å². The number of carbonyl (C=O) groups excluding carboxylic acids is 3. The normalized spacial score (nSPS) is 21.1. The van der Waals surface area contributed by atoms with Gasteiger partial charge in [-0.25, -0.2) is 0 Å². The zero-order valence-corrected chi connectivity index (χ0v) is 14.2. The van der Waals surface area contributed by atoms with Gasteiger partial charge in [0.1, 0.15) is 0 Å². The lowest BCUT2D eigenvalue weighted by Gasteiger charge is -2.21. The zero-order chi connectivity index (χ0) is 16.7. The second-order valence-electron chi connectivity index (χ2n) is 5.66. The van der Waals surface area contributed by atoms with Gasteiger partial charge in [-0.05, 0) is 23.9 Å². The minimum Gasteiger partial charge on any atom is -0.335 e. The highest BCUT2D eigenvalue weighted by molar-refractivity contribution is 8.14. The van der Waals surface area contributed by atoms with Gasteiger partial charge in [0.05, 0.1) is 22.4 Å². The van der Waals surface area contributed by atoms with Gasteiger partial charge >= 0.3 is 0 Å². The van der Waals surface area contributed by atoms with Crippen LogP contribution in [0.4, 0.5) is 4.79 Å². The predicted molar refractivity (Wildman–Crippen MR) is 90.9 cm³/mol. The molecule has 24 heavy (non-hydrogen) atoms. The number of aromatic nitrogens is 2. The minimum atomic E-state index is -0.223. The predicted octanol–water partition coefficient (Wildman–Crippen LogP) is 2.05. The topological polar surface area (TPSA) is 86.4 Å². The highest BCUT2D eigenvalue weighted by atomic mass is 32.2. The number of hydrogen-bond donors (Lipinski definition) is 1. The molecule has 0 aromatic carbocycles. The summed E-state index contributed by atoms with van der Waals surface area (Å²) in [4.78, 5) is 40.2. The molecule has 4 heterocycles. The van der Waals surface area contributed by atoms with Gasteiger partial charge in [-0.15, -0.1) is 11.3 Å². The quantitative estimate of drug-likeness (QED) is 0.903. The van der Waals surface area contributed by atoms with Crippen LogP contribution in [0.5, 0.6) is 0 Å². The number of likely N-dealkylation sites (tertiary alicyclic amines) is 1. The molecular weight excluding hydrogens is 348 g/mol. The van der Waals surface area contributed by atoms with E-state index < -0.39 is 0 Å². The molecule has 0 spiro atoms. The molecule has 0 saturated carbocycles. The molecule has 1 atom stereocenters. The van der Waals surface area contributed by atoms with Crippen LogP contribution < -0.4 is 0 Å². The molecule has 1 N–H and O–H groups in total. The first-order valence-corrected chi connectivity index (χ1v) is 9.37. The van der Waals surface area contributed by atoms with E-state index in [1.807, 2.05) is 17.5 Å². The monoisotopic (exact) mass is 362 g/mol. The van der Waals surface area contributed by atoms with Crippen LogP contribution >= 0.6 is 23.1 Å². The average Bonchev–Trinajstić information content (AvgIpc) is 3.34. The summed E-state index contributed by atoms with van der Waals surface area (Å²) in [6, 6.07) is 5.42. The van der Waals surface area contributed by atoms with E-state index in [0.29, 0.717) is 25.2 Å².